The smallest absolute Gasteiger partial charge is 0.338 e. The number of ether oxygens (including phenoxy) is 1. The normalized spacial score (nSPS) is 21.2. The fourth-order valence-electron chi connectivity index (χ4n) is 2.43. The van der Waals surface area contributed by atoms with Gasteiger partial charge in [0, 0.05) is 0 Å². The number of sulfone groups is 1. The van der Waals surface area contributed by atoms with Gasteiger partial charge in [-0.05, 0) is 36.5 Å². The number of fused-ring (bicyclic) bond motifs is 1. The Morgan fingerprint density at radius 1 is 1.39 bits per heavy atom. The predicted octanol–water partition coefficient (Wildman–Crippen LogP) is 1.75. The second-order valence-electron chi connectivity index (χ2n) is 4.86. The molecule has 4 nitrogen and oxygen atoms in total. The Hall–Kier alpha value is -1.36. The van der Waals surface area contributed by atoms with Gasteiger partial charge in [-0.1, -0.05) is 13.0 Å². The summed E-state index contributed by atoms with van der Waals surface area (Å²) in [5, 5.41) is 0. The van der Waals surface area contributed by atoms with Crippen LogP contribution in [0.25, 0.3) is 0 Å². The number of carbonyl (C=O) groups excluding carboxylic acids is 1. The maximum absolute atomic E-state index is 12.1. The van der Waals surface area contributed by atoms with E-state index in [1.165, 1.54) is 13.2 Å². The summed E-state index contributed by atoms with van der Waals surface area (Å²) in [6.45, 7) is 3.71. The van der Waals surface area contributed by atoms with Crippen LogP contribution >= 0.6 is 0 Å². The summed E-state index contributed by atoms with van der Waals surface area (Å²) >= 11 is 0. The van der Waals surface area contributed by atoms with Crippen LogP contribution < -0.4 is 0 Å². The average molecular weight is 268 g/mol. The number of rotatable bonds is 1. The summed E-state index contributed by atoms with van der Waals surface area (Å²) in [7, 11) is -1.99. The molecular formula is C13H16O4S. The molecule has 0 saturated heterocycles. The van der Waals surface area contributed by atoms with E-state index in [4.69, 9.17) is 0 Å². The molecule has 2 rings (SSSR count). The van der Waals surface area contributed by atoms with Gasteiger partial charge in [0.25, 0.3) is 0 Å². The molecule has 1 unspecified atom stereocenters. The number of carbonyl (C=O) groups is 1. The molecule has 0 aliphatic carbocycles. The van der Waals surface area contributed by atoms with Crippen molar-refractivity contribution in [1.82, 2.24) is 0 Å². The van der Waals surface area contributed by atoms with Gasteiger partial charge in [0.2, 0.25) is 0 Å². The van der Waals surface area contributed by atoms with E-state index in [2.05, 4.69) is 4.74 Å². The molecule has 1 aromatic carbocycles. The van der Waals surface area contributed by atoms with Gasteiger partial charge >= 0.3 is 5.97 Å². The molecule has 18 heavy (non-hydrogen) atoms. The fraction of sp³-hybridized carbons (Fsp3) is 0.462. The van der Waals surface area contributed by atoms with Crippen molar-refractivity contribution in [1.29, 1.82) is 0 Å². The molecule has 0 radical (unpaired) electrons. The minimum atomic E-state index is -3.28. The van der Waals surface area contributed by atoms with Crippen LogP contribution in [0.4, 0.5) is 0 Å². The van der Waals surface area contributed by atoms with Crippen molar-refractivity contribution >= 4 is 15.8 Å². The van der Waals surface area contributed by atoms with Gasteiger partial charge in [0.1, 0.15) is 0 Å². The lowest BCUT2D eigenvalue weighted by molar-refractivity contribution is 0.0599. The largest absolute Gasteiger partial charge is 0.465 e. The van der Waals surface area contributed by atoms with Crippen molar-refractivity contribution < 1.29 is 17.9 Å². The van der Waals surface area contributed by atoms with E-state index < -0.39 is 15.8 Å². The number of aryl methyl sites for hydroxylation is 1. The highest BCUT2D eigenvalue weighted by Crippen LogP contribution is 2.30. The van der Waals surface area contributed by atoms with Gasteiger partial charge < -0.3 is 4.74 Å². The number of hydrogen-bond acceptors (Lipinski definition) is 4. The third kappa shape index (κ3) is 2.14. The van der Waals surface area contributed by atoms with Crippen LogP contribution in [0.3, 0.4) is 0 Å². The molecule has 0 fully saturated rings. The van der Waals surface area contributed by atoms with Crippen molar-refractivity contribution in [3.63, 3.8) is 0 Å². The summed E-state index contributed by atoms with van der Waals surface area (Å²) in [5.74, 6) is -0.237. The van der Waals surface area contributed by atoms with Gasteiger partial charge in [-0.2, -0.15) is 0 Å². The van der Waals surface area contributed by atoms with Crippen LogP contribution in [0, 0.1) is 12.8 Å². The lowest BCUT2D eigenvalue weighted by Gasteiger charge is -2.22. The molecule has 0 saturated carbocycles. The zero-order valence-corrected chi connectivity index (χ0v) is 11.5. The summed E-state index contributed by atoms with van der Waals surface area (Å²) in [6.07, 6.45) is 0.733. The summed E-state index contributed by atoms with van der Waals surface area (Å²) < 4.78 is 28.9. The van der Waals surface area contributed by atoms with Crippen LogP contribution in [0.1, 0.15) is 28.4 Å². The first-order valence-electron chi connectivity index (χ1n) is 5.79. The molecule has 1 heterocycles. The van der Waals surface area contributed by atoms with Gasteiger partial charge in [0.05, 0.1) is 23.3 Å². The molecule has 0 bridgehead atoms. The van der Waals surface area contributed by atoms with E-state index in [1.807, 2.05) is 6.92 Å². The molecule has 0 spiro atoms. The lowest BCUT2D eigenvalue weighted by Crippen LogP contribution is -2.24. The zero-order valence-electron chi connectivity index (χ0n) is 10.7. The van der Waals surface area contributed by atoms with Gasteiger partial charge in [-0.15, -0.1) is 0 Å². The van der Waals surface area contributed by atoms with E-state index in [9.17, 15) is 13.2 Å². The highest BCUT2D eigenvalue weighted by atomic mass is 32.2. The van der Waals surface area contributed by atoms with Crippen LogP contribution in [-0.4, -0.2) is 27.2 Å². The number of methoxy groups -OCH3 is 1. The second-order valence-corrected chi connectivity index (χ2v) is 6.86. The summed E-state index contributed by atoms with van der Waals surface area (Å²) in [4.78, 5) is 11.9. The molecule has 1 atom stereocenters. The molecule has 98 valence electrons. The highest BCUT2D eigenvalue weighted by molar-refractivity contribution is 7.91. The first-order valence-corrected chi connectivity index (χ1v) is 7.45. The van der Waals surface area contributed by atoms with E-state index in [0.717, 1.165) is 17.5 Å². The molecule has 1 aliphatic heterocycles. The van der Waals surface area contributed by atoms with E-state index in [1.54, 1.807) is 13.0 Å². The molecule has 0 aromatic heterocycles. The SMILES string of the molecule is COC(=O)c1cc2c(cc1C)CC(C)CS2(=O)=O. The highest BCUT2D eigenvalue weighted by Gasteiger charge is 2.29. The van der Waals surface area contributed by atoms with Crippen molar-refractivity contribution in [2.75, 3.05) is 12.9 Å². The number of hydrogen-bond donors (Lipinski definition) is 0. The van der Waals surface area contributed by atoms with E-state index in [0.29, 0.717) is 5.56 Å². The minimum Gasteiger partial charge on any atom is -0.465 e. The first kappa shape index (κ1) is 13.1. The second kappa shape index (κ2) is 4.39. The lowest BCUT2D eigenvalue weighted by atomic mass is 9.97. The molecule has 5 heteroatoms. The van der Waals surface area contributed by atoms with E-state index in [-0.39, 0.29) is 16.6 Å². The quantitative estimate of drug-likeness (QED) is 0.728. The Morgan fingerprint density at radius 2 is 2.06 bits per heavy atom. The Bertz CT molecular complexity index is 602. The Labute approximate surface area is 107 Å². The molecule has 1 aliphatic rings. The van der Waals surface area contributed by atoms with Gasteiger partial charge in [0.15, 0.2) is 9.84 Å². The van der Waals surface area contributed by atoms with Crippen molar-refractivity contribution in [2.24, 2.45) is 5.92 Å². The average Bonchev–Trinajstić information content (AvgIpc) is 2.25. The van der Waals surface area contributed by atoms with Crippen molar-refractivity contribution in [2.45, 2.75) is 25.2 Å². The fourth-order valence-corrected chi connectivity index (χ4v) is 4.31. The predicted molar refractivity (Wildman–Crippen MR) is 67.4 cm³/mol. The topological polar surface area (TPSA) is 60.4 Å². The summed E-state index contributed by atoms with van der Waals surface area (Å²) in [5.41, 5.74) is 1.89. The van der Waals surface area contributed by atoms with E-state index >= 15 is 0 Å². The first-order chi connectivity index (χ1) is 8.35. The van der Waals surface area contributed by atoms with Crippen LogP contribution in [-0.2, 0) is 21.0 Å². The van der Waals surface area contributed by atoms with Gasteiger partial charge in [-0.3, -0.25) is 0 Å². The Morgan fingerprint density at radius 3 is 2.67 bits per heavy atom. The molecule has 0 amide bonds. The standard InChI is InChI=1S/C13H16O4S/c1-8-4-10-5-9(2)11(13(14)17-3)6-12(10)18(15,16)7-8/h5-6,8H,4,7H2,1-3H3. The maximum Gasteiger partial charge on any atom is 0.338 e. The third-order valence-corrected chi connectivity index (χ3v) is 5.28. The van der Waals surface area contributed by atoms with Gasteiger partial charge in [-0.25, -0.2) is 13.2 Å². The number of benzene rings is 1. The number of esters is 1. The molecular weight excluding hydrogens is 252 g/mol. The maximum atomic E-state index is 12.1. The minimum absolute atomic E-state index is 0.117. The van der Waals surface area contributed by atoms with Crippen molar-refractivity contribution in [3.8, 4) is 0 Å². The zero-order chi connectivity index (χ0) is 13.5. The van der Waals surface area contributed by atoms with Crippen LogP contribution in [0.15, 0.2) is 17.0 Å². The Balaban J connectivity index is 2.65. The van der Waals surface area contributed by atoms with Crippen molar-refractivity contribution in [3.05, 3.63) is 28.8 Å². The Kier molecular flexibility index (Phi) is 3.19. The monoisotopic (exact) mass is 268 g/mol. The molecule has 0 N–H and O–H groups in total. The molecule has 1 aromatic rings. The summed E-state index contributed by atoms with van der Waals surface area (Å²) in [6, 6.07) is 3.24. The van der Waals surface area contributed by atoms with Crippen LogP contribution in [0.2, 0.25) is 0 Å². The van der Waals surface area contributed by atoms with Crippen LogP contribution in [0.5, 0.6) is 0 Å². The third-order valence-electron chi connectivity index (χ3n) is 3.22.